The third-order valence-electron chi connectivity index (χ3n) is 1.72. The molecule has 0 heterocycles. The second-order valence-electron chi connectivity index (χ2n) is 2.89. The molecule has 0 fully saturated rings. The van der Waals surface area contributed by atoms with E-state index in [1.165, 1.54) is 0 Å². The summed E-state index contributed by atoms with van der Waals surface area (Å²) in [4.78, 5) is 0. The van der Waals surface area contributed by atoms with Crippen LogP contribution in [0.4, 0.5) is 0 Å². The van der Waals surface area contributed by atoms with Crippen molar-refractivity contribution in [3.8, 4) is 0 Å². The Morgan fingerprint density at radius 3 is 2.29 bits per heavy atom. The van der Waals surface area contributed by atoms with Crippen molar-refractivity contribution in [2.75, 3.05) is 40.0 Å². The maximum absolute atomic E-state index is 5.37. The van der Waals surface area contributed by atoms with Gasteiger partial charge in [-0.2, -0.15) is 0 Å². The van der Waals surface area contributed by atoms with Gasteiger partial charge in [-0.1, -0.05) is 0 Å². The Balaban J connectivity index is 3.30. The summed E-state index contributed by atoms with van der Waals surface area (Å²) < 4.78 is 15.7. The molecule has 0 atom stereocenters. The lowest BCUT2D eigenvalue weighted by Gasteiger charge is -2.17. The van der Waals surface area contributed by atoms with Gasteiger partial charge in [0.05, 0.1) is 0 Å². The first-order chi connectivity index (χ1) is 6.85. The van der Waals surface area contributed by atoms with E-state index in [2.05, 4.69) is 5.32 Å². The highest BCUT2D eigenvalue weighted by atomic mass is 16.7. The summed E-state index contributed by atoms with van der Waals surface area (Å²) >= 11 is 0. The second kappa shape index (κ2) is 10.9. The zero-order chi connectivity index (χ0) is 10.6. The van der Waals surface area contributed by atoms with Crippen molar-refractivity contribution in [1.29, 1.82) is 0 Å². The van der Waals surface area contributed by atoms with Crippen LogP contribution in [0.5, 0.6) is 0 Å². The monoisotopic (exact) mass is 205 g/mol. The first-order valence-corrected chi connectivity index (χ1v) is 5.28. The molecule has 0 aromatic carbocycles. The molecule has 0 bridgehead atoms. The van der Waals surface area contributed by atoms with Gasteiger partial charge in [-0.05, 0) is 26.8 Å². The highest BCUT2D eigenvalue weighted by molar-refractivity contribution is 4.51. The van der Waals surface area contributed by atoms with Crippen LogP contribution in [0.2, 0.25) is 0 Å². The number of nitrogens with one attached hydrogen (secondary N) is 1. The lowest BCUT2D eigenvalue weighted by atomic mass is 10.4. The molecule has 0 radical (unpaired) electrons. The van der Waals surface area contributed by atoms with Crippen molar-refractivity contribution in [3.63, 3.8) is 0 Å². The molecule has 0 saturated heterocycles. The third kappa shape index (κ3) is 8.44. The van der Waals surface area contributed by atoms with Crippen molar-refractivity contribution in [2.45, 2.75) is 26.6 Å². The molecule has 4 heteroatoms. The number of rotatable bonds is 10. The molecule has 0 aliphatic carbocycles. The summed E-state index contributed by atoms with van der Waals surface area (Å²) in [5, 5.41) is 3.26. The standard InChI is InChI=1S/C10H23NO3/c1-4-13-10(14-5-2)9-11-7-6-8-12-3/h10-11H,4-9H2,1-3H3. The summed E-state index contributed by atoms with van der Waals surface area (Å²) in [5.41, 5.74) is 0. The number of ether oxygens (including phenoxy) is 3. The van der Waals surface area contributed by atoms with E-state index in [1.54, 1.807) is 7.11 Å². The molecule has 86 valence electrons. The summed E-state index contributed by atoms with van der Waals surface area (Å²) in [5.74, 6) is 0. The minimum absolute atomic E-state index is 0.118. The van der Waals surface area contributed by atoms with Crippen LogP contribution < -0.4 is 5.32 Å². The smallest absolute Gasteiger partial charge is 0.169 e. The van der Waals surface area contributed by atoms with E-state index in [0.717, 1.165) is 26.1 Å². The average molecular weight is 205 g/mol. The molecular weight excluding hydrogens is 182 g/mol. The first kappa shape index (κ1) is 13.8. The van der Waals surface area contributed by atoms with Crippen LogP contribution in [-0.4, -0.2) is 46.3 Å². The predicted octanol–water partition coefficient (Wildman–Crippen LogP) is 1.01. The van der Waals surface area contributed by atoms with Gasteiger partial charge >= 0.3 is 0 Å². The van der Waals surface area contributed by atoms with Gasteiger partial charge in [-0.25, -0.2) is 0 Å². The van der Waals surface area contributed by atoms with E-state index < -0.39 is 0 Å². The van der Waals surface area contributed by atoms with Gasteiger partial charge in [0, 0.05) is 33.5 Å². The van der Waals surface area contributed by atoms with Crippen molar-refractivity contribution in [1.82, 2.24) is 5.32 Å². The molecule has 14 heavy (non-hydrogen) atoms. The lowest BCUT2D eigenvalue weighted by molar-refractivity contribution is -0.132. The number of methoxy groups -OCH3 is 1. The molecule has 0 aliphatic heterocycles. The molecule has 4 nitrogen and oxygen atoms in total. The predicted molar refractivity (Wildman–Crippen MR) is 56.4 cm³/mol. The molecule has 0 unspecified atom stereocenters. The quantitative estimate of drug-likeness (QED) is 0.427. The van der Waals surface area contributed by atoms with Gasteiger partial charge in [-0.15, -0.1) is 0 Å². The van der Waals surface area contributed by atoms with E-state index in [9.17, 15) is 0 Å². The molecule has 0 spiro atoms. The second-order valence-corrected chi connectivity index (χ2v) is 2.89. The Kier molecular flexibility index (Phi) is 10.8. The zero-order valence-corrected chi connectivity index (χ0v) is 9.54. The van der Waals surface area contributed by atoms with Gasteiger partial charge in [0.1, 0.15) is 0 Å². The molecule has 1 N–H and O–H groups in total. The van der Waals surface area contributed by atoms with Crippen LogP contribution in [-0.2, 0) is 14.2 Å². The van der Waals surface area contributed by atoms with Crippen LogP contribution in [0.25, 0.3) is 0 Å². The maximum atomic E-state index is 5.37. The van der Waals surface area contributed by atoms with Crippen LogP contribution in [0, 0.1) is 0 Å². The Labute approximate surface area is 86.9 Å². The fourth-order valence-corrected chi connectivity index (χ4v) is 1.10. The minimum Gasteiger partial charge on any atom is -0.385 e. The fraction of sp³-hybridized carbons (Fsp3) is 1.00. The molecule has 0 rings (SSSR count). The van der Waals surface area contributed by atoms with Gasteiger partial charge in [0.2, 0.25) is 0 Å². The van der Waals surface area contributed by atoms with E-state index in [-0.39, 0.29) is 6.29 Å². The summed E-state index contributed by atoms with van der Waals surface area (Å²) in [7, 11) is 1.71. The van der Waals surface area contributed by atoms with Gasteiger partial charge < -0.3 is 19.5 Å². The maximum Gasteiger partial charge on any atom is 0.169 e. The topological polar surface area (TPSA) is 39.7 Å². The highest BCUT2D eigenvalue weighted by Crippen LogP contribution is 1.93. The van der Waals surface area contributed by atoms with Crippen LogP contribution >= 0.6 is 0 Å². The van der Waals surface area contributed by atoms with Gasteiger partial charge in [-0.3, -0.25) is 0 Å². The summed E-state index contributed by atoms with van der Waals surface area (Å²) in [6.07, 6.45) is 0.897. The van der Waals surface area contributed by atoms with E-state index in [0.29, 0.717) is 13.2 Å². The minimum atomic E-state index is -0.118. The van der Waals surface area contributed by atoms with Crippen molar-refractivity contribution in [3.05, 3.63) is 0 Å². The molecule has 0 amide bonds. The van der Waals surface area contributed by atoms with Gasteiger partial charge in [0.25, 0.3) is 0 Å². The van der Waals surface area contributed by atoms with Crippen LogP contribution in [0.15, 0.2) is 0 Å². The fourth-order valence-electron chi connectivity index (χ4n) is 1.10. The van der Waals surface area contributed by atoms with Crippen molar-refractivity contribution in [2.24, 2.45) is 0 Å². The Morgan fingerprint density at radius 1 is 1.14 bits per heavy atom. The van der Waals surface area contributed by atoms with Crippen LogP contribution in [0.1, 0.15) is 20.3 Å². The molecule has 0 aliphatic rings. The lowest BCUT2D eigenvalue weighted by Crippen LogP contribution is -2.32. The SMILES string of the molecule is CCOC(CNCCCOC)OCC. The van der Waals surface area contributed by atoms with E-state index in [1.807, 2.05) is 13.8 Å². The van der Waals surface area contributed by atoms with E-state index >= 15 is 0 Å². The van der Waals surface area contributed by atoms with Gasteiger partial charge in [0.15, 0.2) is 6.29 Å². The molecular formula is C10H23NO3. The highest BCUT2D eigenvalue weighted by Gasteiger charge is 2.05. The molecule has 0 aromatic heterocycles. The number of hydrogen-bond donors (Lipinski definition) is 1. The van der Waals surface area contributed by atoms with E-state index in [4.69, 9.17) is 14.2 Å². The van der Waals surface area contributed by atoms with Crippen LogP contribution in [0.3, 0.4) is 0 Å². The average Bonchev–Trinajstić information content (AvgIpc) is 2.18. The Morgan fingerprint density at radius 2 is 1.79 bits per heavy atom. The summed E-state index contributed by atoms with van der Waals surface area (Å²) in [6, 6.07) is 0. The Hall–Kier alpha value is -0.160. The van der Waals surface area contributed by atoms with Crippen molar-refractivity contribution >= 4 is 0 Å². The largest absolute Gasteiger partial charge is 0.385 e. The van der Waals surface area contributed by atoms with Crippen molar-refractivity contribution < 1.29 is 14.2 Å². The molecule has 0 saturated carbocycles. The third-order valence-corrected chi connectivity index (χ3v) is 1.72. The summed E-state index contributed by atoms with van der Waals surface area (Å²) in [6.45, 7) is 7.78. The normalized spacial score (nSPS) is 11.1. The molecule has 0 aromatic rings. The first-order valence-electron chi connectivity index (χ1n) is 5.28. The Bertz CT molecular complexity index is 106. The number of hydrogen-bond acceptors (Lipinski definition) is 4. The zero-order valence-electron chi connectivity index (χ0n) is 9.54.